The zero-order valence-corrected chi connectivity index (χ0v) is 16.5. The van der Waals surface area contributed by atoms with E-state index in [0.29, 0.717) is 0 Å². The average Bonchev–Trinajstić information content (AvgIpc) is 2.57. The van der Waals surface area contributed by atoms with Crippen LogP contribution in [-0.2, 0) is 26.3 Å². The van der Waals surface area contributed by atoms with Gasteiger partial charge in [0.15, 0.2) is 0 Å². The van der Waals surface area contributed by atoms with Crippen molar-refractivity contribution in [2.45, 2.75) is 47.0 Å². The Labute approximate surface area is 135 Å². The molecule has 0 amide bonds. The van der Waals surface area contributed by atoms with Crippen molar-refractivity contribution < 1.29 is 20.8 Å². The molecule has 3 heteroatoms. The zero-order valence-electron chi connectivity index (χ0n) is 12.5. The minimum absolute atomic E-state index is 0.220. The molecule has 0 aliphatic rings. The van der Waals surface area contributed by atoms with Gasteiger partial charge in [-0.2, -0.15) is 5.56 Å². The predicted molar refractivity (Wildman–Crippen MR) is 84.2 cm³/mol. The van der Waals surface area contributed by atoms with Crippen molar-refractivity contribution in [3.8, 4) is 0 Å². The Balaban J connectivity index is 0.000000550. The second-order valence-corrected chi connectivity index (χ2v) is 9.72. The summed E-state index contributed by atoms with van der Waals surface area (Å²) < 4.78 is 0. The molecule has 2 aromatic rings. The van der Waals surface area contributed by atoms with Crippen molar-refractivity contribution in [2.24, 2.45) is 0 Å². The van der Waals surface area contributed by atoms with E-state index < -0.39 is 20.8 Å². The molecule has 0 saturated carbocycles. The van der Waals surface area contributed by atoms with Gasteiger partial charge in [-0.3, -0.25) is 0 Å². The Morgan fingerprint density at radius 3 is 2.05 bits per heavy atom. The summed E-state index contributed by atoms with van der Waals surface area (Å²) in [6, 6.07) is 6.88. The van der Waals surface area contributed by atoms with E-state index in [9.17, 15) is 0 Å². The van der Waals surface area contributed by atoms with Crippen LogP contribution >= 0.6 is 17.0 Å². The molecule has 0 aromatic heterocycles. The quantitative estimate of drug-likeness (QED) is 0.484. The van der Waals surface area contributed by atoms with E-state index in [2.05, 4.69) is 59.7 Å². The van der Waals surface area contributed by atoms with E-state index in [4.69, 9.17) is 17.0 Å². The van der Waals surface area contributed by atoms with Gasteiger partial charge in [0.05, 0.1) is 0 Å². The Morgan fingerprint density at radius 2 is 1.58 bits per heavy atom. The molecule has 2 rings (SSSR count). The maximum absolute atomic E-state index is 4.93. The minimum atomic E-state index is -0.826. The molecule has 0 N–H and O–H groups in total. The first-order valence-electron chi connectivity index (χ1n) is 6.37. The van der Waals surface area contributed by atoms with Crippen molar-refractivity contribution in [2.75, 3.05) is 0 Å². The van der Waals surface area contributed by atoms with Gasteiger partial charge in [-0.1, -0.05) is 53.2 Å². The second kappa shape index (κ2) is 6.83. The first-order valence-corrected chi connectivity index (χ1v) is 12.7. The number of halogens is 2. The van der Waals surface area contributed by atoms with Crippen molar-refractivity contribution in [3.63, 3.8) is 0 Å². The fourth-order valence-corrected chi connectivity index (χ4v) is 2.46. The molecule has 104 valence electrons. The number of benzene rings is 1. The molecule has 0 fully saturated rings. The third-order valence-electron chi connectivity index (χ3n) is 3.60. The molecule has 0 nitrogen and oxygen atoms in total. The van der Waals surface area contributed by atoms with Gasteiger partial charge in [-0.25, -0.2) is 0 Å². The maximum atomic E-state index is 4.93. The van der Waals surface area contributed by atoms with Crippen LogP contribution in [0.25, 0.3) is 10.8 Å². The fraction of sp³-hybridized carbons (Fsp3) is 0.438. The van der Waals surface area contributed by atoms with Crippen LogP contribution in [0.1, 0.15) is 43.0 Å². The number of hydrogen-bond acceptors (Lipinski definition) is 0. The molecule has 0 saturated heterocycles. The SMILES string of the molecule is Cc1[cH-]c2c(C)ccc(C(C)(C)C)c2c1C.[Cl][Zr][Cl]. The van der Waals surface area contributed by atoms with Gasteiger partial charge in [0.1, 0.15) is 0 Å². The standard InChI is InChI=1S/C16H21.2ClH.Zr/c1-10-7-8-14(16(4,5)6)15-12(3)11(2)9-13(10)15;;;/h7-9H,1-6H3;2*1H;/q-1;;;+2/p-2. The van der Waals surface area contributed by atoms with Crippen LogP contribution in [0.5, 0.6) is 0 Å². The van der Waals surface area contributed by atoms with Gasteiger partial charge in [0.2, 0.25) is 0 Å². The number of hydrogen-bond donors (Lipinski definition) is 0. The summed E-state index contributed by atoms with van der Waals surface area (Å²) in [4.78, 5) is 0. The Morgan fingerprint density at radius 1 is 1.05 bits per heavy atom. The molecule has 0 atom stereocenters. The van der Waals surface area contributed by atoms with Crippen LogP contribution in [0.15, 0.2) is 18.2 Å². The van der Waals surface area contributed by atoms with Crippen molar-refractivity contribution in [1.82, 2.24) is 0 Å². The molecular formula is C16H21Cl2Zr-. The molecule has 0 heterocycles. The van der Waals surface area contributed by atoms with Gasteiger partial charge in [0.25, 0.3) is 0 Å². The van der Waals surface area contributed by atoms with E-state index in [1.807, 2.05) is 0 Å². The van der Waals surface area contributed by atoms with E-state index in [0.717, 1.165) is 0 Å². The summed E-state index contributed by atoms with van der Waals surface area (Å²) in [7, 11) is 9.87. The Kier molecular flexibility index (Phi) is 6.24. The third kappa shape index (κ3) is 3.90. The Hall–Kier alpha value is 0.293. The van der Waals surface area contributed by atoms with Crippen molar-refractivity contribution in [3.05, 3.63) is 40.5 Å². The van der Waals surface area contributed by atoms with Gasteiger partial charge < -0.3 is 0 Å². The van der Waals surface area contributed by atoms with Gasteiger partial charge in [0, 0.05) is 0 Å². The van der Waals surface area contributed by atoms with Gasteiger partial charge in [-0.15, -0.1) is 34.0 Å². The zero-order chi connectivity index (χ0) is 14.8. The molecule has 0 spiro atoms. The Bertz CT molecular complexity index is 562. The van der Waals surface area contributed by atoms with Crippen molar-refractivity contribution >= 4 is 27.8 Å². The fourth-order valence-electron chi connectivity index (χ4n) is 2.46. The first kappa shape index (κ1) is 17.3. The van der Waals surface area contributed by atoms with E-state index in [1.165, 1.54) is 33.0 Å². The summed E-state index contributed by atoms with van der Waals surface area (Å²) in [6.07, 6.45) is 0. The van der Waals surface area contributed by atoms with E-state index in [1.54, 1.807) is 0 Å². The molecular weight excluding hydrogens is 354 g/mol. The van der Waals surface area contributed by atoms with Crippen LogP contribution < -0.4 is 0 Å². The summed E-state index contributed by atoms with van der Waals surface area (Å²) >= 11 is -0.826. The van der Waals surface area contributed by atoms with Crippen LogP contribution in [0, 0.1) is 20.8 Å². The summed E-state index contributed by atoms with van der Waals surface area (Å²) in [6.45, 7) is 13.5. The van der Waals surface area contributed by atoms with Crippen LogP contribution in [0.3, 0.4) is 0 Å². The monoisotopic (exact) mass is 373 g/mol. The normalized spacial score (nSPS) is 11.2. The molecule has 0 bridgehead atoms. The molecule has 0 aliphatic heterocycles. The second-order valence-electron chi connectivity index (χ2n) is 5.99. The third-order valence-corrected chi connectivity index (χ3v) is 3.60. The topological polar surface area (TPSA) is 0 Å². The molecule has 0 unspecified atom stereocenters. The predicted octanol–water partition coefficient (Wildman–Crippen LogP) is 6.16. The van der Waals surface area contributed by atoms with Gasteiger partial charge in [-0.05, 0) is 5.41 Å². The van der Waals surface area contributed by atoms with Crippen molar-refractivity contribution in [1.29, 1.82) is 0 Å². The molecule has 19 heavy (non-hydrogen) atoms. The first-order chi connectivity index (χ1) is 8.73. The summed E-state index contributed by atoms with van der Waals surface area (Å²) in [5.74, 6) is 0. The van der Waals surface area contributed by atoms with Crippen LogP contribution in [0.2, 0.25) is 0 Å². The summed E-state index contributed by atoms with van der Waals surface area (Å²) in [5.41, 5.74) is 5.94. The number of rotatable bonds is 0. The van der Waals surface area contributed by atoms with Gasteiger partial charge >= 0.3 is 37.9 Å². The van der Waals surface area contributed by atoms with E-state index >= 15 is 0 Å². The average molecular weight is 375 g/mol. The summed E-state index contributed by atoms with van der Waals surface area (Å²) in [5, 5.41) is 2.91. The number of aryl methyl sites for hydroxylation is 3. The van der Waals surface area contributed by atoms with Crippen LogP contribution in [0.4, 0.5) is 0 Å². The molecule has 2 aromatic carbocycles. The number of fused-ring (bicyclic) bond motifs is 1. The molecule has 0 aliphatic carbocycles. The molecule has 0 radical (unpaired) electrons. The van der Waals surface area contributed by atoms with Crippen LogP contribution in [-0.4, -0.2) is 0 Å². The van der Waals surface area contributed by atoms with E-state index in [-0.39, 0.29) is 5.41 Å².